The van der Waals surface area contributed by atoms with Gasteiger partial charge in [-0.1, -0.05) is 53.6 Å². The molecule has 512 valence electrons. The van der Waals surface area contributed by atoms with Gasteiger partial charge in [0.1, 0.15) is 0 Å². The van der Waals surface area contributed by atoms with Gasteiger partial charge in [0.05, 0.1) is 0 Å². The Balaban J connectivity index is -0.00000000274. The van der Waals surface area contributed by atoms with Crippen LogP contribution in [-0.4, -0.2) is 0 Å². The zero-order valence-electron chi connectivity index (χ0n) is 78.6. The fraction of sp³-hybridized carbons (Fsp3) is 1.00. The molecule has 0 bridgehead atoms. The van der Waals surface area contributed by atoms with E-state index in [1.807, 2.05) is 59.0 Å². The Morgan fingerprint density at radius 1 is 0.182 bits per heavy atom. The molecule has 0 aromatic rings. The summed E-state index contributed by atoms with van der Waals surface area (Å²) < 4.78 is 0. The summed E-state index contributed by atoms with van der Waals surface area (Å²) in [5, 5.41) is 0. The minimum absolute atomic E-state index is 0. The second-order valence-electron chi connectivity index (χ2n) is 5.15. The van der Waals surface area contributed by atoms with Crippen LogP contribution in [0.3, 0.4) is 0 Å². The number of thiol groups is 2. The summed E-state index contributed by atoms with van der Waals surface area (Å²) in [6, 6.07) is 0. The molecular formula is C3H64K23P25S22W26. The van der Waals surface area contributed by atoms with E-state index in [2.05, 4.69) is 139 Å². The first kappa shape index (κ1) is 361. The topological polar surface area (TPSA) is 0 Å². The van der Waals surface area contributed by atoms with Crippen molar-refractivity contribution in [2.45, 2.75) is 22.3 Å². The Bertz CT molecular complexity index is 850. The van der Waals surface area contributed by atoms with Crippen molar-refractivity contribution in [3.63, 3.8) is 0 Å². The van der Waals surface area contributed by atoms with Gasteiger partial charge < -0.3 is 32.8 Å². The van der Waals surface area contributed by atoms with Crippen molar-refractivity contribution < 1.29 is 1760 Å². The van der Waals surface area contributed by atoms with E-state index in [9.17, 15) is 0 Å². The van der Waals surface area contributed by atoms with Crippen molar-refractivity contribution in [1.29, 1.82) is 0 Å². The van der Waals surface area contributed by atoms with E-state index in [1.54, 1.807) is 118 Å². The SMILES string of the molecule is C.C.C.PPP(P(P)P)P(P(P)P)P(P(P(P)P)P(P)P)P(P(P)P)P(P)P.SSSSSSSSSSSSSSSSSSSSSS.[H-].[H-].[H-].[H-].[H-].[H-].[H-].[H-].[H-].[H-].[H-].[H-].[H-].[H-].[H-].[H-].[H-].[H-].[H-].[H-].[H-].[H-].[H-].[K+].[K+].[K+].[K+].[K+].[K+].[K+].[K+].[K+].[K+].[K+].[K+].[K+].[K+].[K+].[K+].[K+].[K+].[K+].[K+].[K+].[K+].[K+].[W].[W].[W].[W].[W].[W].[W].[W].[W].[W].[W].[W].[W].[W].[W].[W].[W].[W].[W].[W].[W].[W].[W].[W].[W].[W]. The molecule has 16 unspecified atom stereocenters. The number of rotatable bonds is 30. The van der Waals surface area contributed by atoms with Crippen molar-refractivity contribution in [3.05, 3.63) is 0 Å². The average molecular weight is 7260 g/mol. The first-order chi connectivity index (χ1) is 22.3. The van der Waals surface area contributed by atoms with Crippen molar-refractivity contribution in [2.24, 2.45) is 0 Å². The predicted molar refractivity (Wildman–Crippen MR) is 426 cm³/mol. The zero-order chi connectivity index (χ0) is 36.2. The van der Waals surface area contributed by atoms with Crippen LogP contribution in [0.1, 0.15) is 55.1 Å². The molecule has 0 aliphatic rings. The molecule has 0 aromatic carbocycles. The maximum Gasteiger partial charge on any atom is 1.00 e. The fourth-order valence-electron chi connectivity index (χ4n) is 1.51. The van der Waals surface area contributed by atoms with Gasteiger partial charge in [-0.2, -0.15) is 0 Å². The Morgan fingerprint density at radius 3 is 0.354 bits per heavy atom. The van der Waals surface area contributed by atoms with Gasteiger partial charge in [-0.3, -0.25) is 0 Å². The molecule has 99 heavy (non-hydrogen) atoms. The minimum Gasteiger partial charge on any atom is -1.00 e. The van der Waals surface area contributed by atoms with E-state index in [1.165, 1.54) is 19.7 Å². The van der Waals surface area contributed by atoms with Crippen LogP contribution in [0.25, 0.3) is 0 Å². The third-order valence-corrected chi connectivity index (χ3v) is 207. The van der Waals surface area contributed by atoms with Crippen LogP contribution >= 0.6 is 421 Å². The Kier molecular flexibility index (Phi) is 1120. The van der Waals surface area contributed by atoms with Crippen LogP contribution in [0.5, 0.6) is 0 Å². The summed E-state index contributed by atoms with van der Waals surface area (Å²) in [4.78, 5) is 0. The Morgan fingerprint density at radius 2 is 0.283 bits per heavy atom. The number of hydrogen-bond acceptors (Lipinski definition) is 22. The summed E-state index contributed by atoms with van der Waals surface area (Å²) >= 11 is 8.11. The third kappa shape index (κ3) is 273. The van der Waals surface area contributed by atoms with Gasteiger partial charge in [-0.25, -0.2) is 0 Å². The monoisotopic (exact) mass is 7260 g/mol. The van der Waals surface area contributed by atoms with Gasteiger partial charge in [0.2, 0.25) is 0 Å². The summed E-state index contributed by atoms with van der Waals surface area (Å²) in [5.74, 6) is 0. The van der Waals surface area contributed by atoms with Crippen molar-refractivity contribution in [2.75, 3.05) is 0 Å². The molecule has 0 aromatic heterocycles. The van der Waals surface area contributed by atoms with Gasteiger partial charge in [0, 0.05) is 587 Å². The van der Waals surface area contributed by atoms with Crippen LogP contribution < -0.4 is 1180 Å². The molecule has 0 N–H and O–H groups in total. The van der Waals surface area contributed by atoms with Gasteiger partial charge in [-0.15, -0.1) is 116 Å². The molecule has 0 nitrogen and oxygen atoms in total. The minimum atomic E-state index is -0.00868. The average Bonchev–Trinajstić information content (AvgIpc) is 2.98. The van der Waals surface area contributed by atoms with Crippen molar-refractivity contribution in [3.8, 4) is 0 Å². The van der Waals surface area contributed by atoms with Gasteiger partial charge in [0.25, 0.3) is 0 Å². The molecule has 0 spiro atoms. The second-order valence-corrected chi connectivity index (χ2v) is 139. The zero-order valence-corrected chi connectivity index (χ0v) is 248. The summed E-state index contributed by atoms with van der Waals surface area (Å²) in [7, 11) is 78.0. The summed E-state index contributed by atoms with van der Waals surface area (Å²) in [6.45, 7) is 0.548. The number of hydrogen-bond donors (Lipinski definition) is 2. The van der Waals surface area contributed by atoms with Crippen LogP contribution in [0.4, 0.5) is 0 Å². The molecule has 16 atom stereocenters. The van der Waals surface area contributed by atoms with Gasteiger partial charge >= 0.3 is 1180 Å². The van der Waals surface area contributed by atoms with Crippen LogP contribution in [0.15, 0.2) is 0 Å². The van der Waals surface area contributed by atoms with Crippen LogP contribution in [0.2, 0.25) is 0 Å². The molecule has 0 amide bonds. The van der Waals surface area contributed by atoms with Crippen molar-refractivity contribution >= 4 is 421 Å². The van der Waals surface area contributed by atoms with E-state index < -0.39 is 0 Å². The molecule has 0 rings (SSSR count). The Labute approximate surface area is 2120 Å². The largest absolute Gasteiger partial charge is 1.00 e. The van der Waals surface area contributed by atoms with Gasteiger partial charge in [-0.05, 0) is 234 Å². The molecule has 0 aliphatic heterocycles. The second kappa shape index (κ2) is 307. The van der Waals surface area contributed by atoms with Crippen LogP contribution in [-0.2, 0) is 548 Å². The molecule has 0 saturated carbocycles. The molecule has 96 heteroatoms. The predicted octanol–water partition coefficient (Wildman–Crippen LogP) is -36.5. The third-order valence-electron chi connectivity index (χ3n) is 2.55. The summed E-state index contributed by atoms with van der Waals surface area (Å²) in [6.07, 6.45) is 0. The molecule has 0 heterocycles. The smallest absolute Gasteiger partial charge is 1.00 e. The van der Waals surface area contributed by atoms with Gasteiger partial charge in [0.15, 0.2) is 0 Å². The molecule has 0 fully saturated rings. The normalized spacial score (nSPS) is 6.67. The van der Waals surface area contributed by atoms with Crippen molar-refractivity contribution in [1.82, 2.24) is 0 Å². The van der Waals surface area contributed by atoms with E-state index in [0.717, 1.165) is 7.96 Å². The first-order valence-electron chi connectivity index (χ1n) is 9.14. The van der Waals surface area contributed by atoms with Crippen LogP contribution in [0, 0.1) is 0 Å². The molecule has 0 saturated heterocycles. The maximum absolute atomic E-state index is 4.05. The Hall–Kier alpha value is 74.0. The fourth-order valence-corrected chi connectivity index (χ4v) is 366. The van der Waals surface area contributed by atoms with E-state index in [0.29, 0.717) is 0 Å². The molecular weight excluding hydrogens is 7190 g/mol. The summed E-state index contributed by atoms with van der Waals surface area (Å²) in [5.41, 5.74) is 0. The maximum atomic E-state index is 4.05. The molecule has 0 radical (unpaired) electrons. The quantitative estimate of drug-likeness (QED) is 0.0230. The standard InChI is InChI=1S/3CH4.23K.H27P25.H2S22.26W.23H/c;;;;;;;;;;;;;;;;;;;;;;;;;;1-14-21(15(2)3)24(20(12)13)25(22(16(4)5)17(6)7)23(18(8)9)19(10)11;1-3-5-7-9-11-13-15-17-19-21-22-20-18-16-14-12-10-8-6-4-2;;;;;;;;;;;;;;;;;;;;;;;;;;;;;;;;;;;;;;;;;;;;;;;;;/h3*1H4;;;;;;;;;;;;;;;;;;;;;;;;14H,1-13H2;1-2H;;;;;;;;;;;;;;;;;;;;;;;;;;;;;;;;;;;;;;;;;;;;;;;;;/q;;;23*+1;;;;;;;;;;;;;;;;;;;;;;;;;;;;;23*-1. The first-order valence-corrected chi connectivity index (χ1v) is 82.3. The van der Waals surface area contributed by atoms with E-state index in [-0.39, 0.29) is 1860 Å². The van der Waals surface area contributed by atoms with E-state index >= 15 is 0 Å². The molecule has 0 aliphatic carbocycles. The van der Waals surface area contributed by atoms with E-state index in [4.69, 9.17) is 0 Å².